The minimum absolute atomic E-state index is 0.184. The third-order valence-electron chi connectivity index (χ3n) is 4.82. The lowest BCUT2D eigenvalue weighted by molar-refractivity contribution is 0.0925. The van der Waals surface area contributed by atoms with Crippen molar-refractivity contribution in [3.63, 3.8) is 0 Å². The largest absolute Gasteiger partial charge is 0.348 e. The average Bonchev–Trinajstić information content (AvgIpc) is 3.32. The van der Waals surface area contributed by atoms with Crippen LogP contribution in [0.2, 0.25) is 0 Å². The Bertz CT molecular complexity index is 772. The van der Waals surface area contributed by atoms with Crippen molar-refractivity contribution in [2.75, 3.05) is 0 Å². The predicted octanol–water partition coefficient (Wildman–Crippen LogP) is 2.29. The van der Waals surface area contributed by atoms with Crippen LogP contribution in [-0.4, -0.2) is 33.3 Å². The summed E-state index contributed by atoms with van der Waals surface area (Å²) >= 11 is 0. The van der Waals surface area contributed by atoms with Gasteiger partial charge in [0, 0.05) is 18.3 Å². The summed E-state index contributed by atoms with van der Waals surface area (Å²) in [6.45, 7) is 0. The molecule has 0 spiro atoms. The average molecular weight is 326 g/mol. The summed E-state index contributed by atoms with van der Waals surface area (Å²) in [6.07, 6.45) is 9.41. The fourth-order valence-electron chi connectivity index (χ4n) is 3.34. The Balaban J connectivity index is 1.61. The van der Waals surface area contributed by atoms with Gasteiger partial charge in [-0.1, -0.05) is 25.3 Å². The number of hydrogen-bond acceptors (Lipinski definition) is 3. The molecule has 126 valence electrons. The number of aromatic nitrogens is 2. The summed E-state index contributed by atoms with van der Waals surface area (Å²) in [5.74, 6) is -0.113. The van der Waals surface area contributed by atoms with E-state index in [-0.39, 0.29) is 29.7 Å². The van der Waals surface area contributed by atoms with E-state index in [0.717, 1.165) is 38.5 Å². The fourth-order valence-corrected chi connectivity index (χ4v) is 3.34. The lowest BCUT2D eigenvalue weighted by Crippen LogP contribution is -2.36. The molecule has 4 rings (SSSR count). The number of imidazole rings is 1. The topological polar surface area (TPSA) is 75.5 Å². The molecule has 2 saturated carbocycles. The third-order valence-corrected chi connectivity index (χ3v) is 4.82. The molecule has 0 atom stereocenters. The number of carbonyl (C=O) groups is 2. The van der Waals surface area contributed by atoms with E-state index in [1.807, 2.05) is 18.2 Å². The highest BCUT2D eigenvalue weighted by atomic mass is 16.2. The Morgan fingerprint density at radius 3 is 2.42 bits per heavy atom. The molecule has 0 bridgehead atoms. The highest BCUT2D eigenvalue weighted by Crippen LogP contribution is 2.21. The monoisotopic (exact) mass is 326 g/mol. The van der Waals surface area contributed by atoms with Gasteiger partial charge in [-0.2, -0.15) is 0 Å². The van der Waals surface area contributed by atoms with E-state index in [9.17, 15) is 9.59 Å². The minimum atomic E-state index is -0.213. The number of amides is 2. The van der Waals surface area contributed by atoms with Crippen LogP contribution in [0.15, 0.2) is 24.4 Å². The van der Waals surface area contributed by atoms with E-state index in [0.29, 0.717) is 11.2 Å². The normalized spacial score (nSPS) is 18.5. The van der Waals surface area contributed by atoms with E-state index in [4.69, 9.17) is 0 Å². The maximum absolute atomic E-state index is 12.7. The molecule has 2 aromatic heterocycles. The SMILES string of the molecule is O=C(NC1CCCCC1)c1nc(C(=O)NC2CC2)n2ccccc12. The van der Waals surface area contributed by atoms with Crippen LogP contribution in [0.3, 0.4) is 0 Å². The Hall–Kier alpha value is -2.37. The summed E-state index contributed by atoms with van der Waals surface area (Å²) in [5.41, 5.74) is 1.01. The van der Waals surface area contributed by atoms with Gasteiger partial charge in [0.1, 0.15) is 0 Å². The number of nitrogens with zero attached hydrogens (tertiary/aromatic N) is 2. The van der Waals surface area contributed by atoms with Crippen LogP contribution in [0.1, 0.15) is 66.1 Å². The van der Waals surface area contributed by atoms with Crippen LogP contribution >= 0.6 is 0 Å². The van der Waals surface area contributed by atoms with Crippen molar-refractivity contribution < 1.29 is 9.59 Å². The highest BCUT2D eigenvalue weighted by molar-refractivity contribution is 6.02. The predicted molar refractivity (Wildman–Crippen MR) is 90.0 cm³/mol. The number of pyridine rings is 1. The number of hydrogen-bond donors (Lipinski definition) is 2. The quantitative estimate of drug-likeness (QED) is 0.905. The maximum Gasteiger partial charge on any atom is 0.287 e. The molecule has 0 radical (unpaired) electrons. The molecule has 2 heterocycles. The molecule has 0 unspecified atom stereocenters. The molecular formula is C18H22N4O2. The van der Waals surface area contributed by atoms with Crippen molar-refractivity contribution in [1.29, 1.82) is 0 Å². The summed E-state index contributed by atoms with van der Waals surface area (Å²) in [5, 5.41) is 6.03. The number of rotatable bonds is 4. The first-order valence-corrected chi connectivity index (χ1v) is 8.81. The Labute approximate surface area is 140 Å². The standard InChI is InChI=1S/C18H22N4O2/c23-17(19-12-6-2-1-3-7-12)15-14-8-4-5-11-22(14)16(21-15)18(24)20-13-9-10-13/h4-5,8,11-13H,1-3,6-7,9-10H2,(H,19,23)(H,20,24). The van der Waals surface area contributed by atoms with E-state index >= 15 is 0 Å². The van der Waals surface area contributed by atoms with E-state index < -0.39 is 0 Å². The molecule has 0 aromatic carbocycles. The maximum atomic E-state index is 12.7. The van der Waals surface area contributed by atoms with Crippen molar-refractivity contribution in [3.05, 3.63) is 35.9 Å². The van der Waals surface area contributed by atoms with Gasteiger partial charge in [0.2, 0.25) is 5.82 Å². The van der Waals surface area contributed by atoms with Crippen LogP contribution in [0.25, 0.3) is 5.52 Å². The van der Waals surface area contributed by atoms with Crippen molar-refractivity contribution in [3.8, 4) is 0 Å². The molecule has 2 N–H and O–H groups in total. The van der Waals surface area contributed by atoms with Gasteiger partial charge in [0.25, 0.3) is 11.8 Å². The Morgan fingerprint density at radius 2 is 1.67 bits per heavy atom. The molecule has 2 fully saturated rings. The minimum Gasteiger partial charge on any atom is -0.348 e. The molecule has 0 saturated heterocycles. The second-order valence-corrected chi connectivity index (χ2v) is 6.80. The van der Waals surface area contributed by atoms with Crippen molar-refractivity contribution >= 4 is 17.3 Å². The van der Waals surface area contributed by atoms with Crippen LogP contribution < -0.4 is 10.6 Å². The number of carbonyl (C=O) groups excluding carboxylic acids is 2. The smallest absolute Gasteiger partial charge is 0.287 e. The molecule has 2 aromatic rings. The highest BCUT2D eigenvalue weighted by Gasteiger charge is 2.28. The first kappa shape index (κ1) is 15.2. The summed E-state index contributed by atoms with van der Waals surface area (Å²) in [7, 11) is 0. The first-order valence-electron chi connectivity index (χ1n) is 8.81. The zero-order valence-electron chi connectivity index (χ0n) is 13.6. The fraction of sp³-hybridized carbons (Fsp3) is 0.500. The van der Waals surface area contributed by atoms with Crippen LogP contribution in [0.4, 0.5) is 0 Å². The van der Waals surface area contributed by atoms with Gasteiger partial charge in [-0.05, 0) is 37.8 Å². The molecule has 0 aliphatic heterocycles. The summed E-state index contributed by atoms with van der Waals surface area (Å²) < 4.78 is 1.70. The molecule has 24 heavy (non-hydrogen) atoms. The Kier molecular flexibility index (Phi) is 3.96. The van der Waals surface area contributed by atoms with Gasteiger partial charge in [-0.15, -0.1) is 0 Å². The van der Waals surface area contributed by atoms with Crippen molar-refractivity contribution in [1.82, 2.24) is 20.0 Å². The Morgan fingerprint density at radius 1 is 0.958 bits per heavy atom. The number of nitrogens with one attached hydrogen (secondary N) is 2. The lowest BCUT2D eigenvalue weighted by Gasteiger charge is -2.22. The second kappa shape index (κ2) is 6.26. The van der Waals surface area contributed by atoms with Gasteiger partial charge in [0.15, 0.2) is 5.69 Å². The van der Waals surface area contributed by atoms with Crippen LogP contribution in [0.5, 0.6) is 0 Å². The number of fused-ring (bicyclic) bond motifs is 1. The molecular weight excluding hydrogens is 304 g/mol. The van der Waals surface area contributed by atoms with Crippen LogP contribution in [0, 0.1) is 0 Å². The van der Waals surface area contributed by atoms with Gasteiger partial charge >= 0.3 is 0 Å². The van der Waals surface area contributed by atoms with Gasteiger partial charge in [-0.3, -0.25) is 14.0 Å². The van der Waals surface area contributed by atoms with E-state index in [1.54, 1.807) is 10.6 Å². The molecule has 2 amide bonds. The van der Waals surface area contributed by atoms with E-state index in [2.05, 4.69) is 15.6 Å². The zero-order valence-corrected chi connectivity index (χ0v) is 13.6. The molecule has 6 heteroatoms. The zero-order chi connectivity index (χ0) is 16.5. The molecule has 2 aliphatic rings. The van der Waals surface area contributed by atoms with Crippen LogP contribution in [-0.2, 0) is 0 Å². The first-order chi connectivity index (χ1) is 11.7. The third kappa shape index (κ3) is 3.00. The molecule has 6 nitrogen and oxygen atoms in total. The molecule has 2 aliphatic carbocycles. The van der Waals surface area contributed by atoms with Gasteiger partial charge < -0.3 is 10.6 Å². The van der Waals surface area contributed by atoms with Gasteiger partial charge in [0.05, 0.1) is 5.52 Å². The van der Waals surface area contributed by atoms with Crippen molar-refractivity contribution in [2.24, 2.45) is 0 Å². The van der Waals surface area contributed by atoms with Gasteiger partial charge in [-0.25, -0.2) is 4.98 Å². The lowest BCUT2D eigenvalue weighted by atomic mass is 9.95. The van der Waals surface area contributed by atoms with Crippen molar-refractivity contribution in [2.45, 2.75) is 57.0 Å². The summed E-state index contributed by atoms with van der Waals surface area (Å²) in [4.78, 5) is 29.5. The summed E-state index contributed by atoms with van der Waals surface area (Å²) in [6, 6.07) is 6.00. The van der Waals surface area contributed by atoms with E-state index in [1.165, 1.54) is 6.42 Å². The second-order valence-electron chi connectivity index (χ2n) is 6.80.